The maximum absolute atomic E-state index is 12.0. The molecule has 1 aliphatic heterocycles. The Hall–Kier alpha value is -0.680. The van der Waals surface area contributed by atoms with E-state index >= 15 is 0 Å². The van der Waals surface area contributed by atoms with Gasteiger partial charge in [-0.3, -0.25) is 4.79 Å². The highest BCUT2D eigenvalue weighted by atomic mass is 35.5. The molecule has 112 valence electrons. The van der Waals surface area contributed by atoms with Crippen molar-refractivity contribution in [2.45, 2.75) is 18.9 Å². The second-order valence-corrected chi connectivity index (χ2v) is 5.43. The van der Waals surface area contributed by atoms with Crippen LogP contribution in [0.1, 0.15) is 12.8 Å². The fourth-order valence-corrected chi connectivity index (χ4v) is 2.30. The lowest BCUT2D eigenvalue weighted by molar-refractivity contribution is -0.134. The molecule has 1 aromatic rings. The van der Waals surface area contributed by atoms with Gasteiger partial charge in [-0.15, -0.1) is 12.4 Å². The summed E-state index contributed by atoms with van der Waals surface area (Å²) in [5.41, 5.74) is 5.80. The molecule has 0 aliphatic carbocycles. The molecule has 0 spiro atoms. The fraction of sp³-hybridized carbons (Fsp3) is 0.462. The van der Waals surface area contributed by atoms with Crippen LogP contribution in [0.2, 0.25) is 10.0 Å². The summed E-state index contributed by atoms with van der Waals surface area (Å²) in [5.74, 6) is 0.374. The molecule has 2 N–H and O–H groups in total. The molecule has 4 nitrogen and oxygen atoms in total. The summed E-state index contributed by atoms with van der Waals surface area (Å²) in [6, 6.07) is 5.12. The molecule has 0 bridgehead atoms. The van der Waals surface area contributed by atoms with E-state index in [0.717, 1.165) is 12.8 Å². The maximum atomic E-state index is 12.0. The minimum absolute atomic E-state index is 0. The van der Waals surface area contributed by atoms with E-state index in [-0.39, 0.29) is 31.0 Å². The van der Waals surface area contributed by atoms with E-state index < -0.39 is 0 Å². The number of piperidine rings is 1. The molecule has 1 heterocycles. The van der Waals surface area contributed by atoms with E-state index in [1.807, 2.05) is 0 Å². The summed E-state index contributed by atoms with van der Waals surface area (Å²) in [6.45, 7) is 1.34. The van der Waals surface area contributed by atoms with Gasteiger partial charge in [-0.1, -0.05) is 23.2 Å². The number of hydrogen-bond donors (Lipinski definition) is 1. The van der Waals surface area contributed by atoms with Gasteiger partial charge in [0, 0.05) is 30.2 Å². The number of hydrogen-bond acceptors (Lipinski definition) is 3. The predicted octanol–water partition coefficient (Wildman–Crippen LogP) is 2.74. The molecule has 1 amide bonds. The van der Waals surface area contributed by atoms with Crippen molar-refractivity contribution >= 4 is 41.5 Å². The maximum Gasteiger partial charge on any atom is 0.260 e. The number of ether oxygens (including phenoxy) is 1. The summed E-state index contributed by atoms with van der Waals surface area (Å²) in [5, 5.41) is 0.966. The van der Waals surface area contributed by atoms with Gasteiger partial charge in [0.15, 0.2) is 6.61 Å². The van der Waals surface area contributed by atoms with E-state index in [4.69, 9.17) is 33.7 Å². The van der Waals surface area contributed by atoms with Crippen molar-refractivity contribution in [2.24, 2.45) is 5.73 Å². The Bertz CT molecular complexity index is 463. The van der Waals surface area contributed by atoms with Crippen LogP contribution in [0.25, 0.3) is 0 Å². The van der Waals surface area contributed by atoms with Crippen LogP contribution in [0, 0.1) is 0 Å². The number of carbonyl (C=O) groups excluding carboxylic acids is 1. The van der Waals surface area contributed by atoms with Gasteiger partial charge in [0.2, 0.25) is 0 Å². The number of likely N-dealkylation sites (tertiary alicyclic amines) is 1. The van der Waals surface area contributed by atoms with E-state index in [9.17, 15) is 4.79 Å². The van der Waals surface area contributed by atoms with Crippen LogP contribution in [-0.4, -0.2) is 36.5 Å². The Morgan fingerprint density at radius 1 is 1.35 bits per heavy atom. The molecule has 1 fully saturated rings. The molecule has 1 saturated heterocycles. The smallest absolute Gasteiger partial charge is 0.260 e. The molecule has 1 aliphatic rings. The zero-order chi connectivity index (χ0) is 13.8. The van der Waals surface area contributed by atoms with Gasteiger partial charge in [0.25, 0.3) is 5.91 Å². The molecule has 0 unspecified atom stereocenters. The molecule has 0 atom stereocenters. The van der Waals surface area contributed by atoms with Crippen LogP contribution in [-0.2, 0) is 4.79 Å². The predicted molar refractivity (Wildman–Crippen MR) is 83.0 cm³/mol. The highest BCUT2D eigenvalue weighted by Gasteiger charge is 2.20. The van der Waals surface area contributed by atoms with Crippen molar-refractivity contribution in [1.82, 2.24) is 4.90 Å². The fourth-order valence-electron chi connectivity index (χ4n) is 1.97. The van der Waals surface area contributed by atoms with Crippen LogP contribution in [0.3, 0.4) is 0 Å². The van der Waals surface area contributed by atoms with Gasteiger partial charge >= 0.3 is 0 Å². The molecule has 7 heteroatoms. The molecule has 0 radical (unpaired) electrons. The Labute approximate surface area is 134 Å². The molecule has 2 rings (SSSR count). The Morgan fingerprint density at radius 3 is 2.65 bits per heavy atom. The first-order valence-electron chi connectivity index (χ1n) is 6.17. The minimum atomic E-state index is -0.0528. The lowest BCUT2D eigenvalue weighted by atomic mass is 10.1. The monoisotopic (exact) mass is 338 g/mol. The zero-order valence-electron chi connectivity index (χ0n) is 10.9. The largest absolute Gasteiger partial charge is 0.482 e. The topological polar surface area (TPSA) is 55.6 Å². The van der Waals surface area contributed by atoms with Crippen LogP contribution in [0.15, 0.2) is 18.2 Å². The van der Waals surface area contributed by atoms with E-state index in [2.05, 4.69) is 0 Å². The van der Waals surface area contributed by atoms with Crippen molar-refractivity contribution < 1.29 is 9.53 Å². The molecule has 0 aromatic heterocycles. The molecule has 20 heavy (non-hydrogen) atoms. The Morgan fingerprint density at radius 2 is 2.00 bits per heavy atom. The summed E-state index contributed by atoms with van der Waals surface area (Å²) in [6.07, 6.45) is 1.67. The number of benzene rings is 1. The van der Waals surface area contributed by atoms with E-state index in [1.54, 1.807) is 23.1 Å². The van der Waals surface area contributed by atoms with Crippen LogP contribution in [0.5, 0.6) is 5.75 Å². The molecule has 1 aromatic carbocycles. The van der Waals surface area contributed by atoms with Crippen molar-refractivity contribution in [3.8, 4) is 5.75 Å². The summed E-state index contributed by atoms with van der Waals surface area (Å²) < 4.78 is 5.42. The highest BCUT2D eigenvalue weighted by Crippen LogP contribution is 2.27. The third kappa shape index (κ3) is 4.70. The minimum Gasteiger partial charge on any atom is -0.482 e. The Kier molecular flexibility index (Phi) is 6.89. The second-order valence-electron chi connectivity index (χ2n) is 4.58. The normalized spacial score (nSPS) is 15.7. The first-order chi connectivity index (χ1) is 9.06. The number of carbonyl (C=O) groups is 1. The third-order valence-electron chi connectivity index (χ3n) is 3.14. The molecular formula is C13H17Cl3N2O2. The van der Waals surface area contributed by atoms with E-state index in [0.29, 0.717) is 28.9 Å². The van der Waals surface area contributed by atoms with E-state index in [1.165, 1.54) is 0 Å². The standard InChI is InChI=1S/C13H16Cl2N2O2.ClH/c14-9-1-2-11(15)12(7-9)19-8-13(18)17-5-3-10(16)4-6-17;/h1-2,7,10H,3-6,8,16H2;1H. The van der Waals surface area contributed by atoms with Crippen LogP contribution >= 0.6 is 35.6 Å². The van der Waals surface area contributed by atoms with Gasteiger partial charge < -0.3 is 15.4 Å². The second kappa shape index (κ2) is 7.93. The van der Waals surface area contributed by atoms with Crippen LogP contribution in [0.4, 0.5) is 0 Å². The van der Waals surface area contributed by atoms with Crippen LogP contribution < -0.4 is 10.5 Å². The zero-order valence-corrected chi connectivity index (χ0v) is 13.2. The first-order valence-corrected chi connectivity index (χ1v) is 6.93. The van der Waals surface area contributed by atoms with Gasteiger partial charge in [0.05, 0.1) is 5.02 Å². The molecule has 0 saturated carbocycles. The van der Waals surface area contributed by atoms with Gasteiger partial charge in [-0.2, -0.15) is 0 Å². The number of amides is 1. The summed E-state index contributed by atoms with van der Waals surface area (Å²) >= 11 is 11.8. The molecular weight excluding hydrogens is 323 g/mol. The number of rotatable bonds is 3. The van der Waals surface area contributed by atoms with Crippen molar-refractivity contribution in [1.29, 1.82) is 0 Å². The number of halogens is 3. The van der Waals surface area contributed by atoms with Gasteiger partial charge in [-0.05, 0) is 25.0 Å². The van der Waals surface area contributed by atoms with Crippen molar-refractivity contribution in [3.05, 3.63) is 28.2 Å². The first kappa shape index (κ1) is 17.4. The third-order valence-corrected chi connectivity index (χ3v) is 3.68. The average molecular weight is 340 g/mol. The number of nitrogens with two attached hydrogens (primary N) is 1. The average Bonchev–Trinajstić information content (AvgIpc) is 2.40. The summed E-state index contributed by atoms with van der Waals surface area (Å²) in [4.78, 5) is 13.7. The van der Waals surface area contributed by atoms with Crippen molar-refractivity contribution in [3.63, 3.8) is 0 Å². The lowest BCUT2D eigenvalue weighted by Crippen LogP contribution is -2.44. The van der Waals surface area contributed by atoms with Crippen molar-refractivity contribution in [2.75, 3.05) is 19.7 Å². The lowest BCUT2D eigenvalue weighted by Gasteiger charge is -2.30. The highest BCUT2D eigenvalue weighted by molar-refractivity contribution is 6.34. The SMILES string of the molecule is Cl.NC1CCN(C(=O)COc2cc(Cl)ccc2Cl)CC1. The quantitative estimate of drug-likeness (QED) is 0.921. The summed E-state index contributed by atoms with van der Waals surface area (Å²) in [7, 11) is 0. The van der Waals surface area contributed by atoms with Gasteiger partial charge in [0.1, 0.15) is 5.75 Å². The Balaban J connectivity index is 0.00000200. The number of nitrogens with zero attached hydrogens (tertiary/aromatic N) is 1. The van der Waals surface area contributed by atoms with Gasteiger partial charge in [-0.25, -0.2) is 0 Å².